The number of carbonyl (C=O) groups excluding carboxylic acids is 1. The number of benzene rings is 2. The minimum absolute atomic E-state index is 0.0350. The van der Waals surface area contributed by atoms with Crippen LogP contribution in [0.4, 0.5) is 0 Å². The van der Waals surface area contributed by atoms with Crippen molar-refractivity contribution in [1.29, 1.82) is 0 Å². The zero-order valence-electron chi connectivity index (χ0n) is 17.4. The zero-order valence-corrected chi connectivity index (χ0v) is 17.4. The molecule has 2 N–H and O–H groups in total. The number of nitrogens with one attached hydrogen (secondary N) is 2. The Morgan fingerprint density at radius 3 is 2.67 bits per heavy atom. The first kappa shape index (κ1) is 18.6. The Labute approximate surface area is 174 Å². The van der Waals surface area contributed by atoms with Gasteiger partial charge in [-0.2, -0.15) is 0 Å². The van der Waals surface area contributed by atoms with Gasteiger partial charge in [-0.1, -0.05) is 0 Å². The fraction of sp³-hybridized carbons (Fsp3) is 0.292. The van der Waals surface area contributed by atoms with Crippen LogP contribution in [0.5, 0.6) is 11.5 Å². The zero-order chi connectivity index (χ0) is 20.8. The van der Waals surface area contributed by atoms with E-state index in [1.807, 2.05) is 48.0 Å². The van der Waals surface area contributed by atoms with Crippen LogP contribution >= 0.6 is 0 Å². The monoisotopic (exact) mass is 403 g/mol. The lowest BCUT2D eigenvalue weighted by molar-refractivity contribution is 0.0924. The van der Waals surface area contributed by atoms with Crippen LogP contribution in [0, 0.1) is 0 Å². The molecule has 0 fully saturated rings. The van der Waals surface area contributed by atoms with Crippen LogP contribution in [0.2, 0.25) is 0 Å². The number of rotatable bonds is 4. The van der Waals surface area contributed by atoms with Crippen LogP contribution in [0.15, 0.2) is 42.5 Å². The number of amides is 1. The molecule has 1 aliphatic rings. The topological polar surface area (TPSA) is 68.3 Å². The van der Waals surface area contributed by atoms with E-state index in [4.69, 9.17) is 9.47 Å². The summed E-state index contributed by atoms with van der Waals surface area (Å²) < 4.78 is 12.6. The van der Waals surface area contributed by atoms with Crippen LogP contribution in [0.3, 0.4) is 0 Å². The number of aromatic amines is 1. The minimum Gasteiger partial charge on any atom is -0.497 e. The molecule has 0 aliphatic heterocycles. The van der Waals surface area contributed by atoms with E-state index >= 15 is 0 Å². The molecule has 0 spiro atoms. The third kappa shape index (κ3) is 2.91. The predicted molar refractivity (Wildman–Crippen MR) is 117 cm³/mol. The van der Waals surface area contributed by atoms with Crippen LogP contribution in [-0.2, 0) is 13.5 Å². The van der Waals surface area contributed by atoms with E-state index in [0.29, 0.717) is 5.69 Å². The first-order chi connectivity index (χ1) is 14.6. The predicted octanol–water partition coefficient (Wildman–Crippen LogP) is 4.48. The van der Waals surface area contributed by atoms with Gasteiger partial charge in [0.25, 0.3) is 5.91 Å². The Hall–Kier alpha value is -3.41. The summed E-state index contributed by atoms with van der Waals surface area (Å²) in [5.41, 5.74) is 5.12. The van der Waals surface area contributed by atoms with Gasteiger partial charge < -0.3 is 24.3 Å². The Bertz CT molecular complexity index is 1270. The van der Waals surface area contributed by atoms with Gasteiger partial charge in [0.15, 0.2) is 0 Å². The fourth-order valence-corrected chi connectivity index (χ4v) is 4.62. The van der Waals surface area contributed by atoms with Crippen molar-refractivity contribution in [3.05, 3.63) is 59.4 Å². The first-order valence-corrected chi connectivity index (χ1v) is 10.2. The fourth-order valence-electron chi connectivity index (χ4n) is 4.62. The number of aromatic nitrogens is 2. The molecule has 154 valence electrons. The molecule has 2 aromatic carbocycles. The normalized spacial score (nSPS) is 15.9. The maximum Gasteiger partial charge on any atom is 0.268 e. The molecule has 1 aliphatic carbocycles. The molecule has 0 unspecified atom stereocenters. The Morgan fingerprint density at radius 1 is 1.10 bits per heavy atom. The third-order valence-electron chi connectivity index (χ3n) is 6.20. The summed E-state index contributed by atoms with van der Waals surface area (Å²) in [6.07, 6.45) is 2.96. The molecule has 6 heteroatoms. The molecule has 5 rings (SSSR count). The third-order valence-corrected chi connectivity index (χ3v) is 6.20. The molecule has 30 heavy (non-hydrogen) atoms. The van der Waals surface area contributed by atoms with Gasteiger partial charge >= 0.3 is 0 Å². The number of nitrogens with zero attached hydrogens (tertiary/aromatic N) is 1. The van der Waals surface area contributed by atoms with Gasteiger partial charge in [0.1, 0.15) is 17.2 Å². The van der Waals surface area contributed by atoms with E-state index in [2.05, 4.69) is 16.4 Å². The summed E-state index contributed by atoms with van der Waals surface area (Å²) in [5, 5.41) is 5.43. The van der Waals surface area contributed by atoms with Crippen LogP contribution in [-0.4, -0.2) is 29.7 Å². The average molecular weight is 403 g/mol. The molecule has 0 saturated carbocycles. The number of H-pyrrole nitrogens is 1. The van der Waals surface area contributed by atoms with E-state index in [1.54, 1.807) is 14.2 Å². The van der Waals surface area contributed by atoms with Crippen LogP contribution in [0.25, 0.3) is 21.8 Å². The van der Waals surface area contributed by atoms with E-state index < -0.39 is 0 Å². The van der Waals surface area contributed by atoms with E-state index in [1.165, 1.54) is 10.9 Å². The average Bonchev–Trinajstić information content (AvgIpc) is 3.31. The number of fused-ring (bicyclic) bond motifs is 4. The lowest BCUT2D eigenvalue weighted by Gasteiger charge is -2.24. The highest BCUT2D eigenvalue weighted by Gasteiger charge is 2.27. The van der Waals surface area contributed by atoms with E-state index in [9.17, 15) is 4.79 Å². The number of aryl methyl sites for hydroxylation is 2. The molecule has 1 amide bonds. The van der Waals surface area contributed by atoms with Gasteiger partial charge in [0.05, 0.1) is 20.3 Å². The lowest BCUT2D eigenvalue weighted by atomic mass is 9.91. The second kappa shape index (κ2) is 7.13. The molecule has 0 radical (unpaired) electrons. The summed E-state index contributed by atoms with van der Waals surface area (Å²) in [7, 11) is 5.25. The van der Waals surface area contributed by atoms with Crippen molar-refractivity contribution in [3.8, 4) is 11.5 Å². The summed E-state index contributed by atoms with van der Waals surface area (Å²) in [5.74, 6) is 1.56. The Kier molecular flexibility index (Phi) is 4.42. The van der Waals surface area contributed by atoms with E-state index in [-0.39, 0.29) is 11.9 Å². The van der Waals surface area contributed by atoms with Gasteiger partial charge in [0, 0.05) is 34.5 Å². The molecule has 1 atom stereocenters. The molecular weight excluding hydrogens is 378 g/mol. The number of ether oxygens (including phenoxy) is 2. The van der Waals surface area contributed by atoms with Gasteiger partial charge in [-0.05, 0) is 67.3 Å². The second-order valence-corrected chi connectivity index (χ2v) is 7.86. The SMILES string of the molecule is COc1ccc2c(c1)cc(C(=O)N[C@@H]1CCCc3c1[nH]c1ccc(OC)cc31)n2C. The van der Waals surface area contributed by atoms with Gasteiger partial charge in [-0.3, -0.25) is 4.79 Å². The van der Waals surface area contributed by atoms with Crippen molar-refractivity contribution in [1.82, 2.24) is 14.9 Å². The highest BCUT2D eigenvalue weighted by Crippen LogP contribution is 2.36. The van der Waals surface area contributed by atoms with Crippen molar-refractivity contribution in [3.63, 3.8) is 0 Å². The summed E-state index contributed by atoms with van der Waals surface area (Å²) in [6, 6.07) is 13.8. The van der Waals surface area contributed by atoms with Crippen molar-refractivity contribution in [2.45, 2.75) is 25.3 Å². The Morgan fingerprint density at radius 2 is 1.87 bits per heavy atom. The highest BCUT2D eigenvalue weighted by molar-refractivity contribution is 5.99. The maximum atomic E-state index is 13.2. The number of hydrogen-bond acceptors (Lipinski definition) is 3. The lowest BCUT2D eigenvalue weighted by Crippen LogP contribution is -2.32. The smallest absolute Gasteiger partial charge is 0.268 e. The molecule has 0 saturated heterocycles. The van der Waals surface area contributed by atoms with Crippen molar-refractivity contribution < 1.29 is 14.3 Å². The molecule has 2 heterocycles. The standard InChI is InChI=1S/C24H25N3O3/c1-27-21-10-8-15(29-2)11-14(21)12-22(27)24(28)26-20-6-4-5-17-18-13-16(30-3)7-9-19(18)25-23(17)20/h7-13,20,25H,4-6H2,1-3H3,(H,26,28)/t20-/m1/s1. The number of carbonyl (C=O) groups is 1. The quantitative estimate of drug-likeness (QED) is 0.528. The largest absolute Gasteiger partial charge is 0.497 e. The summed E-state index contributed by atoms with van der Waals surface area (Å²) in [4.78, 5) is 16.7. The molecule has 6 nitrogen and oxygen atoms in total. The molecule has 4 aromatic rings. The molecule has 2 aromatic heterocycles. The van der Waals surface area contributed by atoms with Crippen LogP contribution in [0.1, 0.15) is 40.6 Å². The van der Waals surface area contributed by atoms with Crippen molar-refractivity contribution >= 4 is 27.7 Å². The summed E-state index contributed by atoms with van der Waals surface area (Å²) >= 11 is 0. The molecular formula is C24H25N3O3. The molecule has 0 bridgehead atoms. The minimum atomic E-state index is -0.0678. The van der Waals surface area contributed by atoms with Crippen molar-refractivity contribution in [2.75, 3.05) is 14.2 Å². The Balaban J connectivity index is 1.48. The summed E-state index contributed by atoms with van der Waals surface area (Å²) in [6.45, 7) is 0. The maximum absolute atomic E-state index is 13.2. The first-order valence-electron chi connectivity index (χ1n) is 10.2. The van der Waals surface area contributed by atoms with Crippen molar-refractivity contribution in [2.24, 2.45) is 7.05 Å². The number of methoxy groups -OCH3 is 2. The second-order valence-electron chi connectivity index (χ2n) is 7.86. The van der Waals surface area contributed by atoms with Gasteiger partial charge in [-0.15, -0.1) is 0 Å². The van der Waals surface area contributed by atoms with Gasteiger partial charge in [-0.25, -0.2) is 0 Å². The number of hydrogen-bond donors (Lipinski definition) is 2. The van der Waals surface area contributed by atoms with Gasteiger partial charge in [0.2, 0.25) is 0 Å². The van der Waals surface area contributed by atoms with Crippen LogP contribution < -0.4 is 14.8 Å². The highest BCUT2D eigenvalue weighted by atomic mass is 16.5. The van der Waals surface area contributed by atoms with E-state index in [0.717, 1.165) is 52.9 Å².